The van der Waals surface area contributed by atoms with Gasteiger partial charge >= 0.3 is 2750 Å². The summed E-state index contributed by atoms with van der Waals surface area (Å²) in [6, 6.07) is 0. The van der Waals surface area contributed by atoms with Gasteiger partial charge in [-0.05, 0) is 0 Å². The molecule has 0 aromatic rings. The predicted molar refractivity (Wildman–Crippen MR) is 449 cm³/mol. The fraction of sp³-hybridized carbons (Fsp3) is 0. The van der Waals surface area contributed by atoms with Crippen LogP contribution in [0.5, 0.6) is 0 Å². The first-order chi connectivity index (χ1) is 0. The molecule has 0 amide bonds. The van der Waals surface area contributed by atoms with Gasteiger partial charge in [0.1, 0.15) is 0 Å². The fourth-order valence-electron chi connectivity index (χ4n) is 0. The molecule has 0 aliphatic carbocycles. The molecule has 0 radical (unpaired) electrons. The van der Waals surface area contributed by atoms with E-state index in [4.69, 9.17) is 0 Å². The molecule has 0 spiro atoms. The molecule has 0 aliphatic heterocycles. The minimum Gasteiger partial charge on any atom is -0.147 e. The molecule has 0 fully saturated rings. The van der Waals surface area contributed by atoms with Gasteiger partial charge in [-0.3, -0.25) is 0 Å². The van der Waals surface area contributed by atoms with E-state index in [1.807, 2.05) is 0 Å². The first kappa shape index (κ1) is 561. The van der Waals surface area contributed by atoms with Gasteiger partial charge in [0.05, 0.1) is 0 Å². The van der Waals surface area contributed by atoms with Gasteiger partial charge in [0.15, 0.2) is 0 Å². The molecule has 0 N–H and O–H groups in total. The molecule has 77 heavy (non-hydrogen) atoms. The Morgan fingerprint density at radius 3 is 0.0260 bits per heavy atom. The maximum Gasteiger partial charge on any atom is 2.00 e. The van der Waals surface area contributed by atoms with Gasteiger partial charge < -0.3 is 0 Å². The van der Waals surface area contributed by atoms with Gasteiger partial charge in [-0.2, -0.15) is 0 Å². The normalized spacial score (nSPS) is 0. The maximum atomic E-state index is 0. The smallest absolute Gasteiger partial charge is 0.147 e. The molecule has 0 saturated carbocycles. The van der Waals surface area contributed by atoms with Crippen molar-refractivity contribution in [2.24, 2.45) is 0 Å². The van der Waals surface area contributed by atoms with Crippen LogP contribution >= 0.6 is 49.6 Å². The van der Waals surface area contributed by atoms with Crippen molar-refractivity contribution < 1.29 is 0 Å². The third-order valence-electron chi connectivity index (χ3n) is 0. The number of hydrogen-bond acceptors (Lipinski definition) is 0. The van der Waals surface area contributed by atoms with Crippen molar-refractivity contribution in [1.82, 2.24) is 0 Å². The molecule has 0 rings (SSSR count). The Kier molecular flexibility index (Phi) is 4020. The summed E-state index contributed by atoms with van der Waals surface area (Å²) in [5.41, 5.74) is 0. The van der Waals surface area contributed by atoms with E-state index < -0.39 is 0 Å². The van der Waals surface area contributed by atoms with E-state index in [0.29, 0.717) is 0 Å². The van der Waals surface area contributed by atoms with Gasteiger partial charge in [0.2, 0.25) is 0 Å². The monoisotopic (exact) mass is 3060 g/mol. The predicted octanol–water partition coefficient (Wildman–Crippen LogP) is -26.1. The largest absolute Gasteiger partial charge is 2.00 e. The van der Waals surface area contributed by atoms with E-state index >= 15 is 0 Å². The van der Waals surface area contributed by atoms with Gasteiger partial charge in [0, 0.05) is 0 Å². The average molecular weight is 3070 g/mol. The molecule has 0 aliphatic rings. The summed E-state index contributed by atoms with van der Waals surface area (Å²) in [5, 5.41) is 0. The Balaban J connectivity index is 0. The second-order valence-corrected chi connectivity index (χ2v) is 0. The van der Waals surface area contributed by atoms with Crippen molar-refractivity contribution in [1.29, 1.82) is 0 Å². The zero-order chi connectivity index (χ0) is 0. The number of hydrogen-bond donors (Lipinski definition) is 0. The summed E-state index contributed by atoms with van der Waals surface area (Å²) in [7, 11) is 0. The Hall–Kier alpha value is 93.1. The van der Waals surface area contributed by atoms with Crippen LogP contribution in [0, 0.1) is 0 Å². The summed E-state index contributed by atoms with van der Waals surface area (Å²) < 4.78 is 0. The molecule has 0 atom stereocenters. The Labute approximate surface area is 2690 Å². The van der Waals surface area contributed by atoms with E-state index in [1.165, 1.54) is 0 Å². The topological polar surface area (TPSA) is 0 Å². The zero-order valence-corrected chi connectivity index (χ0v) is 218. The maximum absolute atomic E-state index is 0. The second-order valence-electron chi connectivity index (χ2n) is 0. The van der Waals surface area contributed by atoms with Gasteiger partial charge in [-0.15, -0.1) is 49.6 Å². The molecule has 0 saturated heterocycles. The van der Waals surface area contributed by atoms with Crippen LogP contribution in [0.2, 0.25) is 0 Å². The zero-order valence-electron chi connectivity index (χ0n) is 53.3. The molecule has 77 heteroatoms. The van der Waals surface area contributed by atoms with Crippen molar-refractivity contribution in [3.05, 3.63) is 0 Å². The Bertz CT molecular complexity index is 22.7. The number of halogens is 4. The van der Waals surface area contributed by atoms with Gasteiger partial charge in [0.25, 0.3) is 0 Å². The molecule has 0 bridgehead atoms. The Morgan fingerprint density at radius 1 is 0.0260 bits per heavy atom. The van der Waals surface area contributed by atoms with Crippen LogP contribution in [0.3, 0.4) is 0 Å². The van der Waals surface area contributed by atoms with Crippen LogP contribution in [0.15, 0.2) is 0 Å². The fourth-order valence-corrected chi connectivity index (χ4v) is 0. The van der Waals surface area contributed by atoms with E-state index in [2.05, 4.69) is 0 Å². The standard InChI is InChI=1S/73Ca.4ClH/h;;;;;;;;;;;;;;;;;;;;;;;;;;;;;;;;;;;;;;;;;;;;;;;;;;;;;;;;;;;;;;;;;;;;;;;;;4*1H/q73*+2;;;;. The van der Waals surface area contributed by atoms with Crippen molar-refractivity contribution in [2.45, 2.75) is 0 Å². The van der Waals surface area contributed by atoms with Gasteiger partial charge in [-0.25, -0.2) is 0 Å². The minimum absolute atomic E-state index is 0. The summed E-state index contributed by atoms with van der Waals surface area (Å²) in [4.78, 5) is 0. The van der Waals surface area contributed by atoms with Crippen LogP contribution < -0.4 is 0 Å². The van der Waals surface area contributed by atoms with E-state index in [0.717, 1.165) is 0 Å². The molecular weight excluding hydrogens is 3070 g/mol. The van der Waals surface area contributed by atoms with Crippen molar-refractivity contribution in [2.75, 3.05) is 0 Å². The third kappa shape index (κ3) is 545. The van der Waals surface area contributed by atoms with Crippen molar-refractivity contribution >= 4 is 2800 Å². The molecule has 0 nitrogen and oxygen atoms in total. The van der Waals surface area contributed by atoms with Crippen LogP contribution in [-0.4, -0.2) is 2750 Å². The molecule has 0 unspecified atom stereocenters. The van der Waals surface area contributed by atoms with Gasteiger partial charge in [-0.1, -0.05) is 0 Å². The number of rotatable bonds is 0. The van der Waals surface area contributed by atoms with Crippen LogP contribution in [0.25, 0.3) is 0 Å². The molecule has 0 aromatic carbocycles. The molecule has 0 aromatic heterocycles. The second kappa shape index (κ2) is 551. The molecular formula is H4Ca73Cl4+146. The summed E-state index contributed by atoms with van der Waals surface area (Å²) in [6.07, 6.45) is 0. The third-order valence-corrected chi connectivity index (χ3v) is 0. The SMILES string of the molecule is Cl.Cl.Cl.Cl.[Ca+2].[Ca+2].[Ca+2].[Ca+2].[Ca+2].[Ca+2].[Ca+2].[Ca+2].[Ca+2].[Ca+2].[Ca+2].[Ca+2].[Ca+2].[Ca+2].[Ca+2].[Ca+2].[Ca+2].[Ca+2].[Ca+2].[Ca+2].[Ca+2].[Ca+2].[Ca+2].[Ca+2].[Ca+2].[Ca+2].[Ca+2].[Ca+2].[Ca+2].[Ca+2].[Ca+2].[Ca+2].[Ca+2].[Ca+2].[Ca+2].[Ca+2].[Ca+2].[Ca+2].[Ca+2].[Ca+2].[Ca+2].[Ca+2].[Ca+2].[Ca+2].[Ca+2].[Ca+2].[Ca+2].[Ca+2].[Ca+2].[Ca+2].[Ca+2].[Ca+2].[Ca+2].[Ca+2].[Ca+2].[Ca+2].[Ca+2].[Ca+2].[Ca+2].[Ca+2].[Ca+2].[Ca+2].[Ca+2].[Ca+2].[Ca+2].[Ca+2].[Ca+2].[Ca+2].[Ca+2].[Ca+2].[Ca+2].[Ca+2].[Ca+2]. The summed E-state index contributed by atoms with van der Waals surface area (Å²) >= 11 is 0. The van der Waals surface area contributed by atoms with E-state index in [1.54, 1.807) is 0 Å². The van der Waals surface area contributed by atoms with Crippen LogP contribution in [-0.2, 0) is 0 Å². The van der Waals surface area contributed by atoms with Crippen molar-refractivity contribution in [3.63, 3.8) is 0 Å². The van der Waals surface area contributed by atoms with Crippen LogP contribution in [0.4, 0.5) is 0 Å². The van der Waals surface area contributed by atoms with Crippen LogP contribution in [0.1, 0.15) is 0 Å². The minimum atomic E-state index is 0. The quantitative estimate of drug-likeness (QED) is 0.212. The Morgan fingerprint density at radius 2 is 0.0260 bits per heavy atom. The average Bonchev–Trinajstić information content (AvgIpc) is 0. The molecule has 32 valence electrons. The summed E-state index contributed by atoms with van der Waals surface area (Å²) in [5.74, 6) is 0. The first-order valence-electron chi connectivity index (χ1n) is 0. The summed E-state index contributed by atoms with van der Waals surface area (Å²) in [6.45, 7) is 0. The van der Waals surface area contributed by atoms with E-state index in [9.17, 15) is 0 Å². The first-order valence-corrected chi connectivity index (χ1v) is 0. The molecule has 0 heterocycles. The van der Waals surface area contributed by atoms with E-state index in [-0.39, 0.29) is 2800 Å². The van der Waals surface area contributed by atoms with Crippen molar-refractivity contribution in [3.8, 4) is 0 Å².